The molecule has 1 rings (SSSR count). The zero-order valence-electron chi connectivity index (χ0n) is 10.4. The molecule has 1 aromatic rings. The van der Waals surface area contributed by atoms with Crippen molar-refractivity contribution in [3.05, 3.63) is 34.9 Å². The van der Waals surface area contributed by atoms with E-state index < -0.39 is 6.10 Å². The summed E-state index contributed by atoms with van der Waals surface area (Å²) in [6.07, 6.45) is -0.601. The number of carbonyl (C=O) groups excluding carboxylic acids is 1. The predicted molar refractivity (Wildman–Crippen MR) is 65.5 cm³/mol. The summed E-state index contributed by atoms with van der Waals surface area (Å²) in [6, 6.07) is 5.96. The second kappa shape index (κ2) is 5.26. The van der Waals surface area contributed by atoms with Gasteiger partial charge in [0.05, 0.1) is 0 Å². The molecule has 2 nitrogen and oxygen atoms in total. The summed E-state index contributed by atoms with van der Waals surface area (Å²) >= 11 is 0. The van der Waals surface area contributed by atoms with Crippen LogP contribution in [0.1, 0.15) is 55.9 Å². The van der Waals surface area contributed by atoms with Crippen molar-refractivity contribution in [2.75, 3.05) is 0 Å². The van der Waals surface area contributed by atoms with Crippen molar-refractivity contribution in [3.63, 3.8) is 0 Å². The van der Waals surface area contributed by atoms with Gasteiger partial charge in [-0.25, -0.2) is 0 Å². The Hall–Kier alpha value is -1.15. The van der Waals surface area contributed by atoms with Crippen molar-refractivity contribution in [3.8, 4) is 0 Å². The minimum atomic E-state index is -0.969. The van der Waals surface area contributed by atoms with Gasteiger partial charge in [0.25, 0.3) is 0 Å². The van der Waals surface area contributed by atoms with Gasteiger partial charge in [-0.05, 0) is 29.5 Å². The van der Waals surface area contributed by atoms with Crippen molar-refractivity contribution >= 4 is 5.78 Å². The molecule has 0 saturated heterocycles. The molecule has 0 aliphatic heterocycles. The first-order valence-electron chi connectivity index (χ1n) is 5.78. The summed E-state index contributed by atoms with van der Waals surface area (Å²) in [7, 11) is 0. The third-order valence-corrected chi connectivity index (χ3v) is 2.92. The number of rotatable bonds is 4. The van der Waals surface area contributed by atoms with Crippen LogP contribution in [0, 0.1) is 6.92 Å². The minimum absolute atomic E-state index is 0.121. The Morgan fingerprint density at radius 1 is 1.38 bits per heavy atom. The normalized spacial score (nSPS) is 12.9. The van der Waals surface area contributed by atoms with Gasteiger partial charge >= 0.3 is 0 Å². The summed E-state index contributed by atoms with van der Waals surface area (Å²) in [6.45, 7) is 7.89. The molecule has 16 heavy (non-hydrogen) atoms. The van der Waals surface area contributed by atoms with Crippen LogP contribution in [0.2, 0.25) is 0 Å². The maximum atomic E-state index is 11.5. The second-order valence-electron chi connectivity index (χ2n) is 4.49. The number of carbonyl (C=O) groups is 1. The molecule has 0 bridgehead atoms. The molecule has 0 fully saturated rings. The number of hydrogen-bond acceptors (Lipinski definition) is 2. The van der Waals surface area contributed by atoms with Crippen LogP contribution in [0.4, 0.5) is 0 Å². The number of Topliss-reactive ketones (excluding diaryl/α,β-unsaturated/α-hetero) is 1. The van der Waals surface area contributed by atoms with Crippen LogP contribution in [0.5, 0.6) is 0 Å². The van der Waals surface area contributed by atoms with Gasteiger partial charge in [-0.15, -0.1) is 0 Å². The van der Waals surface area contributed by atoms with Crippen LogP contribution in [0.15, 0.2) is 18.2 Å². The standard InChI is InChI=1S/C14H20O2/c1-5-13(15)14(16)12-8-11(9(2)3)7-6-10(12)4/h6-9,14,16H,5H2,1-4H3. The lowest BCUT2D eigenvalue weighted by atomic mass is 9.93. The predicted octanol–water partition coefficient (Wildman–Crippen LogP) is 3.13. The smallest absolute Gasteiger partial charge is 0.165 e. The fourth-order valence-electron chi connectivity index (χ4n) is 1.68. The molecule has 1 aromatic carbocycles. The molecule has 0 amide bonds. The first kappa shape index (κ1) is 12.9. The van der Waals surface area contributed by atoms with E-state index >= 15 is 0 Å². The van der Waals surface area contributed by atoms with Crippen molar-refractivity contribution < 1.29 is 9.90 Å². The molecule has 0 saturated carbocycles. The molecule has 0 aliphatic rings. The van der Waals surface area contributed by atoms with Gasteiger partial charge in [-0.1, -0.05) is 39.0 Å². The largest absolute Gasteiger partial charge is 0.381 e. The molecule has 0 radical (unpaired) electrons. The highest BCUT2D eigenvalue weighted by Crippen LogP contribution is 2.24. The van der Waals surface area contributed by atoms with Crippen LogP contribution in [0.3, 0.4) is 0 Å². The van der Waals surface area contributed by atoms with E-state index in [2.05, 4.69) is 13.8 Å². The highest BCUT2D eigenvalue weighted by atomic mass is 16.3. The summed E-state index contributed by atoms with van der Waals surface area (Å²) in [4.78, 5) is 11.5. The minimum Gasteiger partial charge on any atom is -0.381 e. The van der Waals surface area contributed by atoms with Gasteiger partial charge in [-0.3, -0.25) is 4.79 Å². The van der Waals surface area contributed by atoms with Crippen LogP contribution in [0.25, 0.3) is 0 Å². The van der Waals surface area contributed by atoms with E-state index in [4.69, 9.17) is 0 Å². The van der Waals surface area contributed by atoms with E-state index in [1.54, 1.807) is 6.92 Å². The zero-order chi connectivity index (χ0) is 12.3. The zero-order valence-corrected chi connectivity index (χ0v) is 10.4. The quantitative estimate of drug-likeness (QED) is 0.846. The number of aliphatic hydroxyl groups excluding tert-OH is 1. The average Bonchev–Trinajstić information content (AvgIpc) is 2.27. The summed E-state index contributed by atoms with van der Waals surface area (Å²) in [5.74, 6) is 0.285. The number of benzene rings is 1. The lowest BCUT2D eigenvalue weighted by Crippen LogP contribution is -2.12. The third kappa shape index (κ3) is 2.70. The Morgan fingerprint density at radius 3 is 2.50 bits per heavy atom. The molecule has 0 aliphatic carbocycles. The Morgan fingerprint density at radius 2 is 2.00 bits per heavy atom. The maximum Gasteiger partial charge on any atom is 0.165 e. The van der Waals surface area contributed by atoms with E-state index in [-0.39, 0.29) is 5.78 Å². The Bertz CT molecular complexity index is 380. The van der Waals surface area contributed by atoms with E-state index in [1.165, 1.54) is 0 Å². The van der Waals surface area contributed by atoms with E-state index in [9.17, 15) is 9.90 Å². The SMILES string of the molecule is CCC(=O)C(O)c1cc(C(C)C)ccc1C. The molecule has 1 unspecified atom stereocenters. The summed E-state index contributed by atoms with van der Waals surface area (Å²) in [5.41, 5.74) is 2.88. The number of aliphatic hydroxyl groups is 1. The average molecular weight is 220 g/mol. The highest BCUT2D eigenvalue weighted by Gasteiger charge is 2.18. The first-order valence-corrected chi connectivity index (χ1v) is 5.78. The van der Waals surface area contributed by atoms with Crippen LogP contribution in [-0.2, 0) is 4.79 Å². The Kier molecular flexibility index (Phi) is 4.25. The van der Waals surface area contributed by atoms with Gasteiger partial charge in [-0.2, -0.15) is 0 Å². The van der Waals surface area contributed by atoms with E-state index in [0.29, 0.717) is 12.3 Å². The Labute approximate surface area is 97.3 Å². The first-order chi connectivity index (χ1) is 7.47. The number of ketones is 1. The topological polar surface area (TPSA) is 37.3 Å². The molecule has 2 heteroatoms. The molecule has 0 spiro atoms. The van der Waals surface area contributed by atoms with Crippen molar-refractivity contribution in [1.82, 2.24) is 0 Å². The fraction of sp³-hybridized carbons (Fsp3) is 0.500. The summed E-state index contributed by atoms with van der Waals surface area (Å²) < 4.78 is 0. The Balaban J connectivity index is 3.11. The van der Waals surface area contributed by atoms with E-state index in [0.717, 1.165) is 16.7 Å². The fourth-order valence-corrected chi connectivity index (χ4v) is 1.68. The van der Waals surface area contributed by atoms with E-state index in [1.807, 2.05) is 25.1 Å². The third-order valence-electron chi connectivity index (χ3n) is 2.92. The monoisotopic (exact) mass is 220 g/mol. The maximum absolute atomic E-state index is 11.5. The van der Waals surface area contributed by atoms with Gasteiger partial charge in [0.2, 0.25) is 0 Å². The number of hydrogen-bond donors (Lipinski definition) is 1. The van der Waals surface area contributed by atoms with Gasteiger partial charge in [0.15, 0.2) is 5.78 Å². The molecule has 1 atom stereocenters. The molecular weight excluding hydrogens is 200 g/mol. The molecule has 0 aromatic heterocycles. The lowest BCUT2D eigenvalue weighted by Gasteiger charge is -2.15. The highest BCUT2D eigenvalue weighted by molar-refractivity contribution is 5.84. The van der Waals surface area contributed by atoms with Crippen LogP contribution < -0.4 is 0 Å². The molecule has 0 heterocycles. The van der Waals surface area contributed by atoms with Gasteiger partial charge in [0.1, 0.15) is 6.10 Å². The van der Waals surface area contributed by atoms with Crippen molar-refractivity contribution in [2.24, 2.45) is 0 Å². The number of aryl methyl sites for hydroxylation is 1. The molecule has 1 N–H and O–H groups in total. The molecular formula is C14H20O2. The van der Waals surface area contributed by atoms with Crippen molar-refractivity contribution in [2.45, 2.75) is 46.1 Å². The second-order valence-corrected chi connectivity index (χ2v) is 4.49. The van der Waals surface area contributed by atoms with Crippen LogP contribution >= 0.6 is 0 Å². The van der Waals surface area contributed by atoms with Gasteiger partial charge in [0, 0.05) is 6.42 Å². The molecule has 88 valence electrons. The lowest BCUT2D eigenvalue weighted by molar-refractivity contribution is -0.127. The van der Waals surface area contributed by atoms with Crippen LogP contribution in [-0.4, -0.2) is 10.9 Å². The summed E-state index contributed by atoms with van der Waals surface area (Å²) in [5, 5.41) is 9.93. The van der Waals surface area contributed by atoms with Gasteiger partial charge < -0.3 is 5.11 Å². The van der Waals surface area contributed by atoms with Crippen molar-refractivity contribution in [1.29, 1.82) is 0 Å².